The molecule has 0 radical (unpaired) electrons. The largest absolute Gasteiger partial charge is 0.387 e. The Hall–Kier alpha value is -0.590. The quantitative estimate of drug-likeness (QED) is 0.843. The fourth-order valence-electron chi connectivity index (χ4n) is 5.11. The second-order valence-electron chi connectivity index (χ2n) is 7.64. The summed E-state index contributed by atoms with van der Waals surface area (Å²) < 4.78 is 0. The highest BCUT2D eigenvalue weighted by atomic mass is 16.3. The summed E-state index contributed by atoms with van der Waals surface area (Å²) in [6.45, 7) is 6.67. The first kappa shape index (κ1) is 14.4. The van der Waals surface area contributed by atoms with E-state index in [9.17, 15) is 10.4 Å². The zero-order chi connectivity index (χ0) is 14.4. The highest BCUT2D eigenvalue weighted by molar-refractivity contribution is 5.20. The van der Waals surface area contributed by atoms with Gasteiger partial charge in [-0.1, -0.05) is 13.8 Å². The van der Waals surface area contributed by atoms with Crippen LogP contribution in [-0.4, -0.2) is 34.7 Å². The molecule has 2 saturated heterocycles. The average Bonchev–Trinajstić information content (AvgIpc) is 3.04. The first-order chi connectivity index (χ1) is 9.52. The molecule has 0 aromatic carbocycles. The van der Waals surface area contributed by atoms with Gasteiger partial charge in [-0.3, -0.25) is 4.90 Å². The van der Waals surface area contributed by atoms with E-state index in [-0.39, 0.29) is 6.04 Å². The van der Waals surface area contributed by atoms with Crippen LogP contribution in [0.15, 0.2) is 0 Å². The van der Waals surface area contributed by atoms with Crippen LogP contribution in [0.4, 0.5) is 0 Å². The van der Waals surface area contributed by atoms with E-state index >= 15 is 0 Å². The molecule has 2 aliphatic heterocycles. The van der Waals surface area contributed by atoms with Crippen LogP contribution in [0.1, 0.15) is 58.8 Å². The van der Waals surface area contributed by atoms with E-state index in [1.54, 1.807) is 0 Å². The molecule has 0 bridgehead atoms. The fourth-order valence-corrected chi connectivity index (χ4v) is 5.11. The summed E-state index contributed by atoms with van der Waals surface area (Å²) in [6, 6.07) is 2.84. The number of nitriles is 1. The number of aliphatic hydroxyl groups is 1. The Kier molecular flexibility index (Phi) is 3.59. The Morgan fingerprint density at radius 2 is 1.85 bits per heavy atom. The van der Waals surface area contributed by atoms with Crippen molar-refractivity contribution in [3.63, 3.8) is 0 Å². The molecule has 2 atom stereocenters. The summed E-state index contributed by atoms with van der Waals surface area (Å²) >= 11 is 0. The van der Waals surface area contributed by atoms with Gasteiger partial charge in [0.05, 0.1) is 17.1 Å². The van der Waals surface area contributed by atoms with E-state index in [0.29, 0.717) is 5.92 Å². The van der Waals surface area contributed by atoms with Crippen molar-refractivity contribution in [2.24, 2.45) is 17.3 Å². The Labute approximate surface area is 123 Å². The molecule has 1 saturated carbocycles. The van der Waals surface area contributed by atoms with Crippen LogP contribution < -0.4 is 0 Å². The summed E-state index contributed by atoms with van der Waals surface area (Å²) in [5.41, 5.74) is -1.23. The van der Waals surface area contributed by atoms with E-state index in [2.05, 4.69) is 24.8 Å². The van der Waals surface area contributed by atoms with E-state index in [4.69, 9.17) is 0 Å². The number of hydrogen-bond acceptors (Lipinski definition) is 3. The second kappa shape index (κ2) is 5.00. The third-order valence-electron chi connectivity index (χ3n) is 6.56. The fraction of sp³-hybridized carbons (Fsp3) is 0.941. The van der Waals surface area contributed by atoms with Crippen LogP contribution in [-0.2, 0) is 0 Å². The van der Waals surface area contributed by atoms with Gasteiger partial charge in [0.1, 0.15) is 0 Å². The lowest BCUT2D eigenvalue weighted by molar-refractivity contribution is -0.0957. The zero-order valence-electron chi connectivity index (χ0n) is 12.9. The Morgan fingerprint density at radius 3 is 2.45 bits per heavy atom. The van der Waals surface area contributed by atoms with Crippen molar-refractivity contribution in [1.82, 2.24) is 4.90 Å². The maximum Gasteiger partial charge on any atom is 0.0999 e. The summed E-state index contributed by atoms with van der Waals surface area (Å²) in [7, 11) is 0. The van der Waals surface area contributed by atoms with Crippen LogP contribution >= 0.6 is 0 Å². The van der Waals surface area contributed by atoms with Gasteiger partial charge in [0.25, 0.3) is 0 Å². The molecule has 1 aliphatic carbocycles. The van der Waals surface area contributed by atoms with Crippen molar-refractivity contribution in [2.75, 3.05) is 13.1 Å². The van der Waals surface area contributed by atoms with Crippen molar-refractivity contribution in [3.8, 4) is 6.07 Å². The monoisotopic (exact) mass is 276 g/mol. The van der Waals surface area contributed by atoms with Gasteiger partial charge < -0.3 is 5.11 Å². The lowest BCUT2D eigenvalue weighted by Crippen LogP contribution is -2.55. The number of nitrogens with zero attached hydrogens (tertiary/aromatic N) is 2. The van der Waals surface area contributed by atoms with Crippen LogP contribution in [0.5, 0.6) is 0 Å². The van der Waals surface area contributed by atoms with Crippen LogP contribution in [0, 0.1) is 28.6 Å². The molecule has 3 aliphatic rings. The maximum atomic E-state index is 11.4. The molecular formula is C17H28N2O. The Morgan fingerprint density at radius 1 is 1.15 bits per heavy atom. The number of hydrogen-bond donors (Lipinski definition) is 1. The molecule has 2 heterocycles. The summed E-state index contributed by atoms with van der Waals surface area (Å²) in [5.74, 6) is 1.44. The molecular weight excluding hydrogens is 248 g/mol. The molecule has 0 spiro atoms. The van der Waals surface area contributed by atoms with Gasteiger partial charge in [-0.15, -0.1) is 0 Å². The van der Waals surface area contributed by atoms with Gasteiger partial charge >= 0.3 is 0 Å². The standard InChI is InChI=1S/C17H28N2O/c1-13(2)14-5-7-16(12-18,8-6-14)17(20)9-11-19-10-3-4-15(17)19/h13-15,20H,3-11H2,1-2H3. The van der Waals surface area contributed by atoms with Crippen LogP contribution in [0.25, 0.3) is 0 Å². The van der Waals surface area contributed by atoms with Crippen LogP contribution in [0.2, 0.25) is 0 Å². The second-order valence-corrected chi connectivity index (χ2v) is 7.64. The van der Waals surface area contributed by atoms with Crippen molar-refractivity contribution >= 4 is 0 Å². The summed E-state index contributed by atoms with van der Waals surface area (Å²) in [4.78, 5) is 2.42. The SMILES string of the molecule is CC(C)C1CCC(C#N)(C2(O)CCN3CCCC32)CC1. The molecule has 3 rings (SSSR count). The van der Waals surface area contributed by atoms with Gasteiger partial charge in [0.2, 0.25) is 0 Å². The minimum absolute atomic E-state index is 0.248. The van der Waals surface area contributed by atoms with Crippen molar-refractivity contribution < 1.29 is 5.11 Å². The molecule has 20 heavy (non-hydrogen) atoms. The molecule has 112 valence electrons. The third kappa shape index (κ3) is 1.92. The molecule has 3 fully saturated rings. The lowest BCUT2D eigenvalue weighted by atomic mass is 9.58. The topological polar surface area (TPSA) is 47.3 Å². The van der Waals surface area contributed by atoms with Crippen molar-refractivity contribution in [1.29, 1.82) is 5.26 Å². The molecule has 0 aromatic heterocycles. The molecule has 3 heteroatoms. The summed E-state index contributed by atoms with van der Waals surface area (Å²) in [6.07, 6.45) is 7.08. The first-order valence-electron chi connectivity index (χ1n) is 8.40. The minimum atomic E-state index is -0.750. The van der Waals surface area contributed by atoms with Crippen LogP contribution in [0.3, 0.4) is 0 Å². The van der Waals surface area contributed by atoms with Gasteiger partial charge in [0, 0.05) is 12.6 Å². The molecule has 1 N–H and O–H groups in total. The van der Waals surface area contributed by atoms with Gasteiger partial charge in [-0.2, -0.15) is 5.26 Å². The smallest absolute Gasteiger partial charge is 0.0999 e. The number of rotatable bonds is 2. The Balaban J connectivity index is 1.82. The third-order valence-corrected chi connectivity index (χ3v) is 6.56. The highest BCUT2D eigenvalue weighted by Crippen LogP contribution is 2.54. The zero-order valence-corrected chi connectivity index (χ0v) is 12.9. The normalized spacial score (nSPS) is 45.5. The molecule has 3 nitrogen and oxygen atoms in total. The minimum Gasteiger partial charge on any atom is -0.387 e. The van der Waals surface area contributed by atoms with E-state index in [1.807, 2.05) is 0 Å². The summed E-state index contributed by atoms with van der Waals surface area (Å²) in [5, 5.41) is 21.3. The number of fused-ring (bicyclic) bond motifs is 1. The first-order valence-corrected chi connectivity index (χ1v) is 8.40. The highest BCUT2D eigenvalue weighted by Gasteiger charge is 2.61. The predicted octanol–water partition coefficient (Wildman–Crippen LogP) is 2.94. The van der Waals surface area contributed by atoms with E-state index < -0.39 is 11.0 Å². The Bertz CT molecular complexity index is 406. The van der Waals surface area contributed by atoms with Gasteiger partial charge in [0.15, 0.2) is 0 Å². The predicted molar refractivity (Wildman–Crippen MR) is 79.0 cm³/mol. The lowest BCUT2D eigenvalue weighted by Gasteiger charge is -2.48. The van der Waals surface area contributed by atoms with Gasteiger partial charge in [-0.05, 0) is 63.3 Å². The van der Waals surface area contributed by atoms with Gasteiger partial charge in [-0.25, -0.2) is 0 Å². The average molecular weight is 276 g/mol. The van der Waals surface area contributed by atoms with E-state index in [1.165, 1.54) is 6.42 Å². The molecule has 2 unspecified atom stereocenters. The maximum absolute atomic E-state index is 11.4. The van der Waals surface area contributed by atoms with E-state index in [0.717, 1.165) is 57.5 Å². The molecule has 0 amide bonds. The molecule has 0 aromatic rings. The van der Waals surface area contributed by atoms with Crippen molar-refractivity contribution in [2.45, 2.75) is 70.4 Å². The van der Waals surface area contributed by atoms with Crippen molar-refractivity contribution in [3.05, 3.63) is 0 Å².